The summed E-state index contributed by atoms with van der Waals surface area (Å²) in [6.45, 7) is 5.00. The van der Waals surface area contributed by atoms with Gasteiger partial charge in [-0.25, -0.2) is 0 Å². The fraction of sp³-hybridized carbons (Fsp3) is 0.647. The Labute approximate surface area is 115 Å². The molecule has 2 fully saturated rings. The average molecular weight is 257 g/mol. The number of hydrogen-bond acceptors (Lipinski definition) is 2. The van der Waals surface area contributed by atoms with Crippen LogP contribution in [0.5, 0.6) is 5.75 Å². The van der Waals surface area contributed by atoms with Crippen molar-refractivity contribution in [2.75, 3.05) is 13.1 Å². The second-order valence-electron chi connectivity index (χ2n) is 6.85. The molecule has 0 radical (unpaired) electrons. The first-order valence-electron chi connectivity index (χ1n) is 7.78. The van der Waals surface area contributed by atoms with Crippen molar-refractivity contribution < 1.29 is 5.11 Å². The average Bonchev–Trinajstić information content (AvgIpc) is 3.18. The molecule has 3 unspecified atom stereocenters. The molecule has 1 saturated heterocycles. The highest BCUT2D eigenvalue weighted by Crippen LogP contribution is 2.45. The molecule has 19 heavy (non-hydrogen) atoms. The lowest BCUT2D eigenvalue weighted by molar-refractivity contribution is 0.0698. The normalized spacial score (nSPS) is 34.1. The molecule has 2 nitrogen and oxygen atoms in total. The molecular weight excluding hydrogens is 234 g/mol. The van der Waals surface area contributed by atoms with E-state index in [1.54, 1.807) is 0 Å². The Morgan fingerprint density at radius 1 is 1.26 bits per heavy atom. The number of piperidine rings is 1. The molecule has 0 spiro atoms. The Morgan fingerprint density at radius 2 is 2.11 bits per heavy atom. The first-order chi connectivity index (χ1) is 9.22. The Kier molecular flexibility index (Phi) is 2.63. The lowest BCUT2D eigenvalue weighted by Crippen LogP contribution is -2.51. The van der Waals surface area contributed by atoms with E-state index in [4.69, 9.17) is 0 Å². The van der Waals surface area contributed by atoms with Gasteiger partial charge >= 0.3 is 0 Å². The maximum absolute atomic E-state index is 9.74. The van der Waals surface area contributed by atoms with Gasteiger partial charge in [0.2, 0.25) is 0 Å². The van der Waals surface area contributed by atoms with Crippen LogP contribution in [0.1, 0.15) is 43.2 Å². The van der Waals surface area contributed by atoms with Gasteiger partial charge in [-0.1, -0.05) is 13.0 Å². The minimum absolute atomic E-state index is 0.435. The van der Waals surface area contributed by atoms with Gasteiger partial charge in [-0.15, -0.1) is 0 Å². The summed E-state index contributed by atoms with van der Waals surface area (Å²) < 4.78 is 0. The van der Waals surface area contributed by atoms with Crippen molar-refractivity contribution in [3.8, 4) is 5.75 Å². The summed E-state index contributed by atoms with van der Waals surface area (Å²) in [6.07, 6.45) is 5.35. The van der Waals surface area contributed by atoms with E-state index < -0.39 is 0 Å². The van der Waals surface area contributed by atoms with Crippen LogP contribution >= 0.6 is 0 Å². The van der Waals surface area contributed by atoms with E-state index in [9.17, 15) is 5.11 Å². The molecular formula is C17H23NO. The molecule has 0 amide bonds. The zero-order valence-electron chi connectivity index (χ0n) is 11.7. The molecule has 2 heteroatoms. The van der Waals surface area contributed by atoms with Crippen LogP contribution in [-0.4, -0.2) is 29.1 Å². The summed E-state index contributed by atoms with van der Waals surface area (Å²) in [5.41, 5.74) is 2.90. The number of phenolic OH excluding ortho intramolecular Hbond substituents is 1. The van der Waals surface area contributed by atoms with Crippen LogP contribution in [0.15, 0.2) is 18.2 Å². The van der Waals surface area contributed by atoms with Crippen LogP contribution < -0.4 is 0 Å². The first kappa shape index (κ1) is 11.8. The number of benzene rings is 1. The van der Waals surface area contributed by atoms with Crippen LogP contribution in [0.2, 0.25) is 0 Å². The Hall–Kier alpha value is -1.02. The number of phenols is 1. The van der Waals surface area contributed by atoms with Gasteiger partial charge in [-0.05, 0) is 73.2 Å². The van der Waals surface area contributed by atoms with Crippen LogP contribution in [0.3, 0.4) is 0 Å². The van der Waals surface area contributed by atoms with Gasteiger partial charge in [0.15, 0.2) is 0 Å². The van der Waals surface area contributed by atoms with E-state index in [2.05, 4.69) is 17.9 Å². The van der Waals surface area contributed by atoms with Crippen molar-refractivity contribution in [1.82, 2.24) is 4.90 Å². The van der Waals surface area contributed by atoms with E-state index in [0.717, 1.165) is 17.9 Å². The zero-order chi connectivity index (χ0) is 13.0. The van der Waals surface area contributed by atoms with Crippen molar-refractivity contribution in [1.29, 1.82) is 0 Å². The number of nitrogens with zero attached hydrogens (tertiary/aromatic N) is 1. The summed E-state index contributed by atoms with van der Waals surface area (Å²) in [5.74, 6) is 2.83. The molecule has 3 atom stereocenters. The van der Waals surface area contributed by atoms with Gasteiger partial charge in [0, 0.05) is 12.6 Å². The highest BCUT2D eigenvalue weighted by Gasteiger charge is 2.42. The third kappa shape index (κ3) is 1.97. The number of fused-ring (bicyclic) bond motifs is 4. The van der Waals surface area contributed by atoms with E-state index >= 15 is 0 Å². The monoisotopic (exact) mass is 257 g/mol. The predicted molar refractivity (Wildman–Crippen MR) is 76.4 cm³/mol. The molecule has 2 bridgehead atoms. The number of aromatic hydroxyl groups is 1. The molecule has 4 rings (SSSR count). The van der Waals surface area contributed by atoms with Gasteiger partial charge in [-0.2, -0.15) is 0 Å². The minimum atomic E-state index is 0.435. The van der Waals surface area contributed by atoms with Crippen molar-refractivity contribution in [3.63, 3.8) is 0 Å². The van der Waals surface area contributed by atoms with E-state index in [1.807, 2.05) is 12.1 Å². The highest BCUT2D eigenvalue weighted by molar-refractivity contribution is 5.41. The molecule has 2 aliphatic carbocycles. The zero-order valence-corrected chi connectivity index (χ0v) is 11.7. The maximum atomic E-state index is 9.74. The fourth-order valence-electron chi connectivity index (χ4n) is 4.29. The van der Waals surface area contributed by atoms with Crippen molar-refractivity contribution >= 4 is 0 Å². The lowest BCUT2D eigenvalue weighted by Gasteiger charge is -2.48. The first-order valence-corrected chi connectivity index (χ1v) is 7.78. The van der Waals surface area contributed by atoms with Crippen molar-refractivity contribution in [3.05, 3.63) is 29.3 Å². The van der Waals surface area contributed by atoms with Crippen LogP contribution in [0.4, 0.5) is 0 Å². The Balaban J connectivity index is 1.65. The molecule has 1 aromatic carbocycles. The Bertz CT molecular complexity index is 494. The molecule has 1 N–H and O–H groups in total. The fourth-order valence-corrected chi connectivity index (χ4v) is 4.29. The SMILES string of the molecule is CC1C2CCN(CC3CC3)C1Cc1ccc(O)cc12. The molecule has 3 aliphatic rings. The topological polar surface area (TPSA) is 23.5 Å². The summed E-state index contributed by atoms with van der Waals surface area (Å²) >= 11 is 0. The number of rotatable bonds is 2. The summed E-state index contributed by atoms with van der Waals surface area (Å²) in [5, 5.41) is 9.74. The van der Waals surface area contributed by atoms with Gasteiger partial charge in [0.1, 0.15) is 5.75 Å². The van der Waals surface area contributed by atoms with E-state index in [0.29, 0.717) is 11.7 Å². The second-order valence-corrected chi connectivity index (χ2v) is 6.85. The predicted octanol–water partition coefficient (Wildman–Crippen LogP) is 3.15. The third-order valence-corrected chi connectivity index (χ3v) is 5.59. The standard InChI is InChI=1S/C17H23NO/c1-11-15-6-7-18(10-12-2-3-12)17(11)8-13-4-5-14(19)9-16(13)15/h4-5,9,11-12,15,17,19H,2-3,6-8,10H2,1H3. The van der Waals surface area contributed by atoms with Crippen LogP contribution in [0, 0.1) is 11.8 Å². The minimum Gasteiger partial charge on any atom is -0.508 e. The molecule has 1 heterocycles. The molecule has 1 saturated carbocycles. The largest absolute Gasteiger partial charge is 0.508 e. The van der Waals surface area contributed by atoms with E-state index in [-0.39, 0.29) is 0 Å². The third-order valence-electron chi connectivity index (χ3n) is 5.59. The summed E-state index contributed by atoms with van der Waals surface area (Å²) in [7, 11) is 0. The van der Waals surface area contributed by atoms with E-state index in [1.165, 1.54) is 49.9 Å². The number of hydrogen-bond donors (Lipinski definition) is 1. The van der Waals surface area contributed by atoms with Crippen LogP contribution in [-0.2, 0) is 6.42 Å². The maximum Gasteiger partial charge on any atom is 0.115 e. The molecule has 1 aromatic rings. The lowest BCUT2D eigenvalue weighted by atomic mass is 9.68. The second kappa shape index (κ2) is 4.24. The summed E-state index contributed by atoms with van der Waals surface area (Å²) in [4.78, 5) is 2.76. The van der Waals surface area contributed by atoms with Crippen molar-refractivity contribution in [2.45, 2.75) is 44.6 Å². The van der Waals surface area contributed by atoms with Gasteiger partial charge in [0.05, 0.1) is 0 Å². The Morgan fingerprint density at radius 3 is 2.89 bits per heavy atom. The molecule has 1 aliphatic heterocycles. The smallest absolute Gasteiger partial charge is 0.115 e. The highest BCUT2D eigenvalue weighted by atomic mass is 16.3. The quantitative estimate of drug-likeness (QED) is 0.879. The van der Waals surface area contributed by atoms with Gasteiger partial charge in [-0.3, -0.25) is 4.90 Å². The van der Waals surface area contributed by atoms with Crippen molar-refractivity contribution in [2.24, 2.45) is 11.8 Å². The molecule has 0 aromatic heterocycles. The van der Waals surface area contributed by atoms with Gasteiger partial charge < -0.3 is 5.11 Å². The number of likely N-dealkylation sites (tertiary alicyclic amines) is 1. The molecule has 102 valence electrons. The summed E-state index contributed by atoms with van der Waals surface area (Å²) in [6, 6.07) is 6.76. The van der Waals surface area contributed by atoms with Crippen LogP contribution in [0.25, 0.3) is 0 Å². The van der Waals surface area contributed by atoms with Gasteiger partial charge in [0.25, 0.3) is 0 Å².